The van der Waals surface area contributed by atoms with Gasteiger partial charge in [-0.3, -0.25) is 0 Å². The first-order valence-corrected chi connectivity index (χ1v) is 8.34. The summed E-state index contributed by atoms with van der Waals surface area (Å²) in [4.78, 5) is 2.33. The van der Waals surface area contributed by atoms with Crippen molar-refractivity contribution in [2.75, 3.05) is 23.3 Å². The smallest absolute Gasteiger partial charge is 0.0412 e. The molecule has 0 spiro atoms. The topological polar surface area (TPSA) is 15.3 Å². The molecular formula is C17H20BrClN2. The molecular weight excluding hydrogens is 348 g/mol. The van der Waals surface area contributed by atoms with Crippen LogP contribution in [0.3, 0.4) is 0 Å². The minimum absolute atomic E-state index is 0.742. The molecule has 21 heavy (non-hydrogen) atoms. The second-order valence-electron chi connectivity index (χ2n) is 4.81. The maximum atomic E-state index is 6.03. The van der Waals surface area contributed by atoms with Gasteiger partial charge in [0, 0.05) is 40.5 Å². The highest BCUT2D eigenvalue weighted by Gasteiger charge is 2.03. The Balaban J connectivity index is 2.02. The van der Waals surface area contributed by atoms with E-state index in [1.807, 2.05) is 18.2 Å². The van der Waals surface area contributed by atoms with Gasteiger partial charge < -0.3 is 10.2 Å². The number of halogens is 2. The standard InChI is InChI=1S/C17H20BrClN2/c1-3-21(4-2)16-8-6-15(7-9-16)20-12-13-11-14(19)5-10-17(13)18/h5-11,20H,3-4,12H2,1-2H3. The predicted molar refractivity (Wildman–Crippen MR) is 96.5 cm³/mol. The molecule has 0 saturated carbocycles. The van der Waals surface area contributed by atoms with Gasteiger partial charge in [-0.25, -0.2) is 0 Å². The number of hydrogen-bond acceptors (Lipinski definition) is 2. The van der Waals surface area contributed by atoms with Crippen molar-refractivity contribution in [1.29, 1.82) is 0 Å². The predicted octanol–water partition coefficient (Wildman–Crippen LogP) is 5.56. The zero-order chi connectivity index (χ0) is 15.2. The van der Waals surface area contributed by atoms with Gasteiger partial charge in [0.1, 0.15) is 0 Å². The molecule has 1 N–H and O–H groups in total. The Hall–Kier alpha value is -1.19. The first-order valence-electron chi connectivity index (χ1n) is 7.16. The molecule has 0 aliphatic rings. The Morgan fingerprint density at radius 1 is 1.05 bits per heavy atom. The fourth-order valence-electron chi connectivity index (χ4n) is 2.25. The van der Waals surface area contributed by atoms with Gasteiger partial charge in [0.2, 0.25) is 0 Å². The highest BCUT2D eigenvalue weighted by atomic mass is 79.9. The van der Waals surface area contributed by atoms with Crippen LogP contribution >= 0.6 is 27.5 Å². The van der Waals surface area contributed by atoms with Gasteiger partial charge in [-0.05, 0) is 61.9 Å². The highest BCUT2D eigenvalue weighted by Crippen LogP contribution is 2.23. The maximum absolute atomic E-state index is 6.03. The number of benzene rings is 2. The monoisotopic (exact) mass is 366 g/mol. The molecule has 0 saturated heterocycles. The molecule has 0 unspecified atom stereocenters. The molecule has 2 nitrogen and oxygen atoms in total. The molecule has 0 aromatic heterocycles. The summed E-state index contributed by atoms with van der Waals surface area (Å²) in [5, 5.41) is 4.18. The summed E-state index contributed by atoms with van der Waals surface area (Å²) in [6.07, 6.45) is 0. The van der Waals surface area contributed by atoms with Crippen molar-refractivity contribution in [1.82, 2.24) is 0 Å². The molecule has 0 bridgehead atoms. The highest BCUT2D eigenvalue weighted by molar-refractivity contribution is 9.10. The summed E-state index contributed by atoms with van der Waals surface area (Å²) in [6.45, 7) is 7.14. The fraction of sp³-hybridized carbons (Fsp3) is 0.294. The van der Waals surface area contributed by atoms with Crippen LogP contribution in [0.1, 0.15) is 19.4 Å². The third-order valence-corrected chi connectivity index (χ3v) is 4.50. The first kappa shape index (κ1) is 16.2. The summed E-state index contributed by atoms with van der Waals surface area (Å²) >= 11 is 9.58. The Bertz CT molecular complexity index is 580. The molecule has 0 amide bonds. The van der Waals surface area contributed by atoms with Gasteiger partial charge >= 0.3 is 0 Å². The lowest BCUT2D eigenvalue weighted by molar-refractivity contribution is 0.866. The zero-order valence-corrected chi connectivity index (χ0v) is 14.7. The van der Waals surface area contributed by atoms with Crippen LogP contribution < -0.4 is 10.2 Å². The number of nitrogens with zero attached hydrogens (tertiary/aromatic N) is 1. The summed E-state index contributed by atoms with van der Waals surface area (Å²) < 4.78 is 1.07. The molecule has 0 atom stereocenters. The molecule has 112 valence electrons. The van der Waals surface area contributed by atoms with Crippen molar-refractivity contribution in [2.45, 2.75) is 20.4 Å². The van der Waals surface area contributed by atoms with E-state index in [9.17, 15) is 0 Å². The van der Waals surface area contributed by atoms with E-state index >= 15 is 0 Å². The Morgan fingerprint density at radius 2 is 1.71 bits per heavy atom. The molecule has 0 radical (unpaired) electrons. The van der Waals surface area contributed by atoms with E-state index in [0.29, 0.717) is 0 Å². The third-order valence-electron chi connectivity index (χ3n) is 3.49. The lowest BCUT2D eigenvalue weighted by atomic mass is 10.2. The molecule has 0 fully saturated rings. The molecule has 0 heterocycles. The second-order valence-corrected chi connectivity index (χ2v) is 6.10. The fourth-order valence-corrected chi connectivity index (χ4v) is 2.84. The van der Waals surface area contributed by atoms with Crippen molar-refractivity contribution in [3.8, 4) is 0 Å². The van der Waals surface area contributed by atoms with Crippen molar-refractivity contribution < 1.29 is 0 Å². The third kappa shape index (κ3) is 4.39. The van der Waals surface area contributed by atoms with Crippen LogP contribution in [0.4, 0.5) is 11.4 Å². The minimum atomic E-state index is 0.742. The quantitative estimate of drug-likeness (QED) is 0.719. The van der Waals surface area contributed by atoms with E-state index in [2.05, 4.69) is 64.3 Å². The van der Waals surface area contributed by atoms with Crippen LogP contribution in [0.2, 0.25) is 5.02 Å². The van der Waals surface area contributed by atoms with E-state index in [4.69, 9.17) is 11.6 Å². The van der Waals surface area contributed by atoms with Gasteiger partial charge in [0.15, 0.2) is 0 Å². The summed E-state index contributed by atoms with van der Waals surface area (Å²) in [6, 6.07) is 14.4. The summed E-state index contributed by atoms with van der Waals surface area (Å²) in [5.74, 6) is 0. The SMILES string of the molecule is CCN(CC)c1ccc(NCc2cc(Cl)ccc2Br)cc1. The van der Waals surface area contributed by atoms with Crippen LogP contribution in [-0.2, 0) is 6.54 Å². The van der Waals surface area contributed by atoms with Crippen LogP contribution in [0, 0.1) is 0 Å². The summed E-state index contributed by atoms with van der Waals surface area (Å²) in [7, 11) is 0. The number of nitrogens with one attached hydrogen (secondary N) is 1. The normalized spacial score (nSPS) is 10.5. The largest absolute Gasteiger partial charge is 0.381 e. The second kappa shape index (κ2) is 7.71. The lowest BCUT2D eigenvalue weighted by Crippen LogP contribution is -2.21. The van der Waals surface area contributed by atoms with Gasteiger partial charge in [-0.15, -0.1) is 0 Å². The van der Waals surface area contributed by atoms with Gasteiger partial charge in [0.05, 0.1) is 0 Å². The van der Waals surface area contributed by atoms with E-state index in [0.717, 1.165) is 40.4 Å². The first-order chi connectivity index (χ1) is 10.1. The number of anilines is 2. The van der Waals surface area contributed by atoms with Crippen molar-refractivity contribution in [3.63, 3.8) is 0 Å². The van der Waals surface area contributed by atoms with E-state index in [1.165, 1.54) is 5.69 Å². The van der Waals surface area contributed by atoms with Gasteiger partial charge in [-0.2, -0.15) is 0 Å². The van der Waals surface area contributed by atoms with Crippen LogP contribution in [-0.4, -0.2) is 13.1 Å². The average molecular weight is 368 g/mol. The number of rotatable bonds is 6. The molecule has 0 aliphatic carbocycles. The van der Waals surface area contributed by atoms with Crippen molar-refractivity contribution in [2.24, 2.45) is 0 Å². The van der Waals surface area contributed by atoms with Gasteiger partial charge in [0.25, 0.3) is 0 Å². The van der Waals surface area contributed by atoms with Crippen molar-refractivity contribution >= 4 is 38.9 Å². The molecule has 4 heteroatoms. The summed E-state index contributed by atoms with van der Waals surface area (Å²) in [5.41, 5.74) is 3.52. The Morgan fingerprint density at radius 3 is 2.33 bits per heavy atom. The molecule has 2 rings (SSSR count). The number of hydrogen-bond donors (Lipinski definition) is 1. The van der Waals surface area contributed by atoms with E-state index in [1.54, 1.807) is 0 Å². The lowest BCUT2D eigenvalue weighted by Gasteiger charge is -2.21. The van der Waals surface area contributed by atoms with Crippen molar-refractivity contribution in [3.05, 3.63) is 57.5 Å². The zero-order valence-electron chi connectivity index (χ0n) is 12.4. The van der Waals surface area contributed by atoms with Crippen LogP contribution in [0.25, 0.3) is 0 Å². The Labute approximate surface area is 140 Å². The Kier molecular flexibility index (Phi) is 5.95. The van der Waals surface area contributed by atoms with E-state index in [-0.39, 0.29) is 0 Å². The van der Waals surface area contributed by atoms with Crippen LogP contribution in [0.5, 0.6) is 0 Å². The minimum Gasteiger partial charge on any atom is -0.381 e. The van der Waals surface area contributed by atoms with Gasteiger partial charge in [-0.1, -0.05) is 27.5 Å². The molecule has 0 aliphatic heterocycles. The molecule has 2 aromatic carbocycles. The molecule has 2 aromatic rings. The van der Waals surface area contributed by atoms with E-state index < -0.39 is 0 Å². The van der Waals surface area contributed by atoms with Crippen LogP contribution in [0.15, 0.2) is 46.9 Å². The maximum Gasteiger partial charge on any atom is 0.0412 e. The average Bonchev–Trinajstić information content (AvgIpc) is 2.51.